The number of fused-ring (bicyclic) bond motifs is 1. The van der Waals surface area contributed by atoms with Crippen LogP contribution in [0.1, 0.15) is 32.4 Å². The highest BCUT2D eigenvalue weighted by Crippen LogP contribution is 2.48. The maximum absolute atomic E-state index is 11.6. The largest absolute Gasteiger partial charge is 0.489 e. The van der Waals surface area contributed by atoms with Gasteiger partial charge in [0.1, 0.15) is 30.1 Å². The van der Waals surface area contributed by atoms with E-state index in [1.54, 1.807) is 6.07 Å². The van der Waals surface area contributed by atoms with E-state index in [2.05, 4.69) is 6.58 Å². The van der Waals surface area contributed by atoms with E-state index >= 15 is 0 Å². The summed E-state index contributed by atoms with van der Waals surface area (Å²) in [6.07, 6.45) is 1.76. The molecule has 1 aromatic heterocycles. The van der Waals surface area contributed by atoms with Crippen molar-refractivity contribution in [2.45, 2.75) is 33.0 Å². The molecule has 0 saturated carbocycles. The van der Waals surface area contributed by atoms with Crippen LogP contribution in [0.5, 0.6) is 5.75 Å². The van der Waals surface area contributed by atoms with Crippen LogP contribution in [0.2, 0.25) is 0 Å². The second-order valence-corrected chi connectivity index (χ2v) is 6.07. The summed E-state index contributed by atoms with van der Waals surface area (Å²) >= 11 is 0. The molecule has 0 spiro atoms. The van der Waals surface area contributed by atoms with E-state index < -0.39 is 0 Å². The molecule has 2 aromatic rings. The van der Waals surface area contributed by atoms with Gasteiger partial charge in [-0.15, -0.1) is 0 Å². The van der Waals surface area contributed by atoms with Crippen LogP contribution in [0.25, 0.3) is 11.0 Å². The molecule has 0 bridgehead atoms. The first kappa shape index (κ1) is 15.6. The quantitative estimate of drug-likeness (QED) is 0.473. The molecule has 1 aliphatic heterocycles. The van der Waals surface area contributed by atoms with E-state index in [9.17, 15) is 4.79 Å². The van der Waals surface area contributed by atoms with Crippen molar-refractivity contribution in [1.82, 2.24) is 0 Å². The minimum Gasteiger partial charge on any atom is -0.489 e. The second kappa shape index (κ2) is 6.05. The Labute approximate surface area is 135 Å². The van der Waals surface area contributed by atoms with Gasteiger partial charge in [-0.05, 0) is 50.6 Å². The Morgan fingerprint density at radius 2 is 2.00 bits per heavy atom. The average Bonchev–Trinajstić information content (AvgIpc) is 3.26. The predicted molar refractivity (Wildman–Crippen MR) is 89.8 cm³/mol. The van der Waals surface area contributed by atoms with Gasteiger partial charge in [0, 0.05) is 11.5 Å². The van der Waals surface area contributed by atoms with Crippen molar-refractivity contribution in [2.24, 2.45) is 0 Å². The Balaban J connectivity index is 2.06. The standard InChI is InChI=1S/C19H20O4/c1-11(2)9-10-21-14-7-5-13-6-8-15(20)22-18(13)16(14)19-17(23-19)12(3)4/h5-9,17,19H,3,10H2,1-2,4H3/t17-,19-/m0/s1. The second-order valence-electron chi connectivity index (χ2n) is 6.07. The van der Waals surface area contributed by atoms with Gasteiger partial charge < -0.3 is 13.9 Å². The molecule has 1 aromatic carbocycles. The lowest BCUT2D eigenvalue weighted by molar-refractivity contribution is 0.344. The molecule has 0 aliphatic carbocycles. The molecule has 0 N–H and O–H groups in total. The molecule has 4 heteroatoms. The molecule has 3 rings (SSSR count). The first-order chi connectivity index (χ1) is 11.0. The van der Waals surface area contributed by atoms with Gasteiger partial charge in [0.25, 0.3) is 0 Å². The van der Waals surface area contributed by atoms with Crippen molar-refractivity contribution in [3.8, 4) is 5.75 Å². The predicted octanol–water partition coefficient (Wildman–Crippen LogP) is 4.15. The van der Waals surface area contributed by atoms with E-state index in [1.165, 1.54) is 11.6 Å². The Kier molecular flexibility index (Phi) is 4.09. The normalized spacial score (nSPS) is 19.4. The van der Waals surface area contributed by atoms with Gasteiger partial charge >= 0.3 is 5.63 Å². The summed E-state index contributed by atoms with van der Waals surface area (Å²) < 4.78 is 17.0. The van der Waals surface area contributed by atoms with Gasteiger partial charge in [-0.1, -0.05) is 12.2 Å². The van der Waals surface area contributed by atoms with Crippen LogP contribution >= 0.6 is 0 Å². The fourth-order valence-electron chi connectivity index (χ4n) is 2.54. The number of benzene rings is 1. The summed E-state index contributed by atoms with van der Waals surface area (Å²) in [5, 5.41) is 0.852. The van der Waals surface area contributed by atoms with Crippen molar-refractivity contribution in [3.63, 3.8) is 0 Å². The molecule has 1 aliphatic rings. The van der Waals surface area contributed by atoms with Crippen molar-refractivity contribution in [2.75, 3.05) is 6.61 Å². The van der Waals surface area contributed by atoms with Gasteiger partial charge in [-0.3, -0.25) is 0 Å². The Bertz CT molecular complexity index is 840. The smallest absolute Gasteiger partial charge is 0.336 e. The number of rotatable bonds is 5. The minimum atomic E-state index is -0.382. The van der Waals surface area contributed by atoms with Crippen LogP contribution in [0.15, 0.2) is 57.3 Å². The fourth-order valence-corrected chi connectivity index (χ4v) is 2.54. The molecular formula is C19H20O4. The van der Waals surface area contributed by atoms with Gasteiger partial charge in [0.2, 0.25) is 0 Å². The number of epoxide rings is 1. The van der Waals surface area contributed by atoms with Crippen LogP contribution < -0.4 is 10.4 Å². The first-order valence-electron chi connectivity index (χ1n) is 7.61. The zero-order chi connectivity index (χ0) is 16.6. The number of allylic oxidation sites excluding steroid dienone is 1. The highest BCUT2D eigenvalue weighted by atomic mass is 16.6. The molecule has 2 atom stereocenters. The molecule has 1 fully saturated rings. The highest BCUT2D eigenvalue weighted by Gasteiger charge is 2.44. The van der Waals surface area contributed by atoms with E-state index in [1.807, 2.05) is 39.0 Å². The van der Waals surface area contributed by atoms with Crippen molar-refractivity contribution in [1.29, 1.82) is 0 Å². The summed E-state index contributed by atoms with van der Waals surface area (Å²) in [4.78, 5) is 11.6. The lowest BCUT2D eigenvalue weighted by Crippen LogP contribution is -2.02. The maximum Gasteiger partial charge on any atom is 0.336 e. The third kappa shape index (κ3) is 3.22. The lowest BCUT2D eigenvalue weighted by Gasteiger charge is -2.11. The monoisotopic (exact) mass is 312 g/mol. The molecule has 0 radical (unpaired) electrons. The molecule has 4 nitrogen and oxygen atoms in total. The SMILES string of the molecule is C=C(C)[C@@H]1O[C@H]1c1c(OCC=C(C)C)ccc2ccc(=O)oc12. The van der Waals surface area contributed by atoms with Gasteiger partial charge in [0.15, 0.2) is 0 Å². The first-order valence-corrected chi connectivity index (χ1v) is 7.61. The Morgan fingerprint density at radius 1 is 1.26 bits per heavy atom. The topological polar surface area (TPSA) is 52.0 Å². The third-order valence-electron chi connectivity index (χ3n) is 3.78. The van der Waals surface area contributed by atoms with E-state index in [0.29, 0.717) is 17.9 Å². The van der Waals surface area contributed by atoms with Crippen molar-refractivity contribution in [3.05, 3.63) is 64.1 Å². The molecule has 0 unspecified atom stereocenters. The van der Waals surface area contributed by atoms with Gasteiger partial charge in [0.05, 0.1) is 5.56 Å². The molecule has 0 amide bonds. The van der Waals surface area contributed by atoms with E-state index in [4.69, 9.17) is 13.9 Å². The van der Waals surface area contributed by atoms with Crippen LogP contribution in [0.3, 0.4) is 0 Å². The number of hydrogen-bond acceptors (Lipinski definition) is 4. The summed E-state index contributed by atoms with van der Waals surface area (Å²) in [7, 11) is 0. The van der Waals surface area contributed by atoms with Crippen LogP contribution in [-0.4, -0.2) is 12.7 Å². The van der Waals surface area contributed by atoms with Crippen LogP contribution in [0, 0.1) is 0 Å². The maximum atomic E-state index is 11.6. The lowest BCUT2D eigenvalue weighted by atomic mass is 10.0. The Hall–Kier alpha value is -2.33. The molecule has 120 valence electrons. The zero-order valence-corrected chi connectivity index (χ0v) is 13.6. The molecular weight excluding hydrogens is 292 g/mol. The average molecular weight is 312 g/mol. The van der Waals surface area contributed by atoms with E-state index in [0.717, 1.165) is 16.5 Å². The van der Waals surface area contributed by atoms with Crippen LogP contribution in [-0.2, 0) is 4.74 Å². The third-order valence-corrected chi connectivity index (χ3v) is 3.78. The summed E-state index contributed by atoms with van der Waals surface area (Å²) in [5.41, 5.74) is 3.06. The molecule has 1 saturated heterocycles. The Morgan fingerprint density at radius 3 is 2.65 bits per heavy atom. The van der Waals surface area contributed by atoms with E-state index in [-0.39, 0.29) is 17.8 Å². The summed E-state index contributed by atoms with van der Waals surface area (Å²) in [5.74, 6) is 0.679. The summed E-state index contributed by atoms with van der Waals surface area (Å²) in [6.45, 7) is 10.4. The number of hydrogen-bond donors (Lipinski definition) is 0. The minimum absolute atomic E-state index is 0.0584. The highest BCUT2D eigenvalue weighted by molar-refractivity contribution is 5.83. The number of ether oxygens (including phenoxy) is 2. The van der Waals surface area contributed by atoms with Crippen molar-refractivity contribution < 1.29 is 13.9 Å². The molecule has 23 heavy (non-hydrogen) atoms. The zero-order valence-electron chi connectivity index (χ0n) is 13.6. The molecule has 2 heterocycles. The van der Waals surface area contributed by atoms with Gasteiger partial charge in [-0.2, -0.15) is 0 Å². The fraction of sp³-hybridized carbons (Fsp3) is 0.316. The van der Waals surface area contributed by atoms with Gasteiger partial charge in [-0.25, -0.2) is 4.79 Å². The summed E-state index contributed by atoms with van der Waals surface area (Å²) in [6, 6.07) is 6.95. The van der Waals surface area contributed by atoms with Crippen LogP contribution in [0.4, 0.5) is 0 Å². The van der Waals surface area contributed by atoms with Crippen molar-refractivity contribution >= 4 is 11.0 Å².